The van der Waals surface area contributed by atoms with E-state index in [1.807, 2.05) is 53.9 Å². The lowest BCUT2D eigenvalue weighted by Crippen LogP contribution is -2.23. The molecule has 2 aromatic carbocycles. The molecule has 4 rings (SSSR count). The molecule has 1 N–H and O–H groups in total. The van der Waals surface area contributed by atoms with E-state index < -0.39 is 0 Å². The van der Waals surface area contributed by atoms with E-state index in [9.17, 15) is 9.59 Å². The van der Waals surface area contributed by atoms with Gasteiger partial charge >= 0.3 is 0 Å². The number of thiazole rings is 1. The van der Waals surface area contributed by atoms with E-state index in [1.165, 1.54) is 16.0 Å². The summed E-state index contributed by atoms with van der Waals surface area (Å²) in [7, 11) is 1.79. The van der Waals surface area contributed by atoms with Gasteiger partial charge in [-0.25, -0.2) is 9.67 Å². The second-order valence-corrected chi connectivity index (χ2v) is 8.05. The molecule has 30 heavy (non-hydrogen) atoms. The minimum Gasteiger partial charge on any atom is -0.320 e. The molecule has 1 amide bonds. The highest BCUT2D eigenvalue weighted by atomic mass is 35.5. The van der Waals surface area contributed by atoms with Crippen LogP contribution in [0.3, 0.4) is 0 Å². The molecule has 152 valence electrons. The molecule has 0 radical (unpaired) electrons. The van der Waals surface area contributed by atoms with Gasteiger partial charge in [0.05, 0.1) is 28.5 Å². The quantitative estimate of drug-likeness (QED) is 0.500. The first-order valence-electron chi connectivity index (χ1n) is 9.29. The number of anilines is 1. The van der Waals surface area contributed by atoms with Crippen LogP contribution in [0.2, 0.25) is 5.02 Å². The third-order valence-electron chi connectivity index (χ3n) is 4.82. The van der Waals surface area contributed by atoms with Crippen molar-refractivity contribution in [2.24, 2.45) is 7.05 Å². The van der Waals surface area contributed by atoms with E-state index in [1.54, 1.807) is 24.7 Å². The van der Waals surface area contributed by atoms with Gasteiger partial charge in [0, 0.05) is 18.0 Å². The monoisotopic (exact) mass is 438 g/mol. The standard InChI is InChI=1S/C22H19ClN4O2S/c1-14-20(22(29)27(26(14)2)16-8-4-3-5-9-16)25-19(28)12-15-13-30-21(24-15)17-10-6-7-11-18(17)23/h3-11,13H,12H2,1-2H3,(H,25,28). The number of carbonyl (C=O) groups is 1. The zero-order valence-corrected chi connectivity index (χ0v) is 18.0. The van der Waals surface area contributed by atoms with E-state index in [0.29, 0.717) is 16.4 Å². The van der Waals surface area contributed by atoms with Gasteiger partial charge in [0.15, 0.2) is 0 Å². The molecule has 0 saturated heterocycles. The fourth-order valence-corrected chi connectivity index (χ4v) is 4.35. The van der Waals surface area contributed by atoms with Gasteiger partial charge in [-0.15, -0.1) is 11.3 Å². The number of para-hydroxylation sites is 1. The summed E-state index contributed by atoms with van der Waals surface area (Å²) in [4.78, 5) is 30.1. The van der Waals surface area contributed by atoms with Crippen molar-refractivity contribution >= 4 is 34.5 Å². The molecule has 6 nitrogen and oxygen atoms in total. The van der Waals surface area contributed by atoms with Gasteiger partial charge in [0.2, 0.25) is 5.91 Å². The van der Waals surface area contributed by atoms with Gasteiger partial charge in [0.25, 0.3) is 5.56 Å². The zero-order valence-electron chi connectivity index (χ0n) is 16.4. The maximum Gasteiger partial charge on any atom is 0.295 e. The van der Waals surface area contributed by atoms with Gasteiger partial charge < -0.3 is 5.32 Å². The molecule has 0 atom stereocenters. The molecule has 2 aromatic heterocycles. The number of nitrogens with one attached hydrogen (secondary N) is 1. The lowest BCUT2D eigenvalue weighted by atomic mass is 10.2. The topological polar surface area (TPSA) is 68.9 Å². The van der Waals surface area contributed by atoms with Crippen LogP contribution in [-0.2, 0) is 18.3 Å². The number of nitrogens with zero attached hydrogens (tertiary/aromatic N) is 3. The van der Waals surface area contributed by atoms with E-state index >= 15 is 0 Å². The van der Waals surface area contributed by atoms with Crippen molar-refractivity contribution in [1.29, 1.82) is 0 Å². The molecule has 0 aliphatic carbocycles. The maximum atomic E-state index is 12.9. The average Bonchev–Trinajstić information content (AvgIpc) is 3.27. The number of carbonyl (C=O) groups excluding carboxylic acids is 1. The minimum atomic E-state index is -0.294. The van der Waals surface area contributed by atoms with Gasteiger partial charge in [-0.05, 0) is 25.1 Å². The lowest BCUT2D eigenvalue weighted by molar-refractivity contribution is -0.115. The van der Waals surface area contributed by atoms with Crippen LogP contribution in [0.1, 0.15) is 11.4 Å². The summed E-state index contributed by atoms with van der Waals surface area (Å²) in [5, 5.41) is 5.97. The van der Waals surface area contributed by atoms with Crippen LogP contribution in [0.25, 0.3) is 16.3 Å². The smallest absolute Gasteiger partial charge is 0.295 e. The summed E-state index contributed by atoms with van der Waals surface area (Å²) >= 11 is 7.66. The normalized spacial score (nSPS) is 10.9. The highest BCUT2D eigenvalue weighted by molar-refractivity contribution is 7.13. The Morgan fingerprint density at radius 3 is 2.57 bits per heavy atom. The van der Waals surface area contributed by atoms with Crippen LogP contribution in [0.15, 0.2) is 64.8 Å². The van der Waals surface area contributed by atoms with Crippen molar-refractivity contribution in [2.45, 2.75) is 13.3 Å². The maximum absolute atomic E-state index is 12.9. The summed E-state index contributed by atoms with van der Waals surface area (Å²) in [6.45, 7) is 1.80. The number of rotatable bonds is 5. The predicted octanol–water partition coefficient (Wildman–Crippen LogP) is 4.44. The molecule has 0 fully saturated rings. The second kappa shape index (κ2) is 8.30. The van der Waals surface area contributed by atoms with E-state index in [4.69, 9.17) is 11.6 Å². The second-order valence-electron chi connectivity index (χ2n) is 6.79. The number of hydrogen-bond acceptors (Lipinski definition) is 4. The Morgan fingerprint density at radius 1 is 1.13 bits per heavy atom. The van der Waals surface area contributed by atoms with Gasteiger partial charge in [-0.2, -0.15) is 0 Å². The van der Waals surface area contributed by atoms with Crippen LogP contribution >= 0.6 is 22.9 Å². The number of halogens is 1. The van der Waals surface area contributed by atoms with Crippen molar-refractivity contribution in [3.63, 3.8) is 0 Å². The Balaban J connectivity index is 1.55. The SMILES string of the molecule is Cc1c(NC(=O)Cc2csc(-c3ccccc3Cl)n2)c(=O)n(-c2ccccc2)n1C. The molecule has 0 unspecified atom stereocenters. The summed E-state index contributed by atoms with van der Waals surface area (Å²) < 4.78 is 3.26. The number of hydrogen-bond donors (Lipinski definition) is 1. The number of aromatic nitrogens is 3. The summed E-state index contributed by atoms with van der Waals surface area (Å²) in [6.07, 6.45) is 0.0695. The molecular weight excluding hydrogens is 420 g/mol. The van der Waals surface area contributed by atoms with Crippen LogP contribution in [0.5, 0.6) is 0 Å². The van der Waals surface area contributed by atoms with E-state index in [0.717, 1.165) is 16.3 Å². The first-order chi connectivity index (χ1) is 14.5. The minimum absolute atomic E-state index is 0.0695. The molecule has 4 aromatic rings. The first kappa shape index (κ1) is 20.1. The van der Waals surface area contributed by atoms with E-state index in [-0.39, 0.29) is 23.6 Å². The van der Waals surface area contributed by atoms with Crippen LogP contribution in [0.4, 0.5) is 5.69 Å². The molecule has 2 heterocycles. The Morgan fingerprint density at radius 2 is 1.83 bits per heavy atom. The Hall–Kier alpha value is -3.16. The fraction of sp³-hybridized carbons (Fsp3) is 0.136. The molecule has 0 spiro atoms. The zero-order chi connectivity index (χ0) is 21.3. The Labute approximate surface area is 182 Å². The largest absolute Gasteiger partial charge is 0.320 e. The molecule has 8 heteroatoms. The van der Waals surface area contributed by atoms with E-state index in [2.05, 4.69) is 10.3 Å². The first-order valence-corrected chi connectivity index (χ1v) is 10.5. The third-order valence-corrected chi connectivity index (χ3v) is 6.07. The summed E-state index contributed by atoms with van der Waals surface area (Å²) in [5.74, 6) is -0.294. The van der Waals surface area contributed by atoms with Gasteiger partial charge in [-0.3, -0.25) is 14.3 Å². The molecule has 0 saturated carbocycles. The molecule has 0 aliphatic rings. The highest BCUT2D eigenvalue weighted by Crippen LogP contribution is 2.30. The molecule has 0 aliphatic heterocycles. The fourth-order valence-electron chi connectivity index (χ4n) is 3.21. The van der Waals surface area contributed by atoms with Crippen molar-refractivity contribution in [1.82, 2.24) is 14.3 Å². The van der Waals surface area contributed by atoms with Gasteiger partial charge in [-0.1, -0.05) is 48.0 Å². The van der Waals surface area contributed by atoms with Crippen molar-refractivity contribution in [3.05, 3.63) is 86.7 Å². The van der Waals surface area contributed by atoms with Gasteiger partial charge in [0.1, 0.15) is 10.7 Å². The van der Waals surface area contributed by atoms with Crippen LogP contribution < -0.4 is 10.9 Å². The summed E-state index contributed by atoms with van der Waals surface area (Å²) in [5.41, 5.74) is 2.87. The Bertz CT molecular complexity index is 1270. The Kier molecular flexibility index (Phi) is 5.57. The van der Waals surface area contributed by atoms with Crippen molar-refractivity contribution in [3.8, 4) is 16.3 Å². The van der Waals surface area contributed by atoms with Crippen molar-refractivity contribution in [2.75, 3.05) is 5.32 Å². The molecular formula is C22H19ClN4O2S. The summed E-state index contributed by atoms with van der Waals surface area (Å²) in [6, 6.07) is 16.8. The van der Waals surface area contributed by atoms with Crippen molar-refractivity contribution < 1.29 is 4.79 Å². The lowest BCUT2D eigenvalue weighted by Gasteiger charge is -2.07. The average molecular weight is 439 g/mol. The van der Waals surface area contributed by atoms with Crippen LogP contribution in [0, 0.1) is 6.92 Å². The van der Waals surface area contributed by atoms with Crippen LogP contribution in [-0.4, -0.2) is 20.3 Å². The number of benzene rings is 2. The highest BCUT2D eigenvalue weighted by Gasteiger charge is 2.19. The molecule has 0 bridgehead atoms. The predicted molar refractivity (Wildman–Crippen MR) is 121 cm³/mol. The number of amides is 1. The third kappa shape index (κ3) is 3.81.